The summed E-state index contributed by atoms with van der Waals surface area (Å²) in [7, 11) is 0. The van der Waals surface area contributed by atoms with Crippen LogP contribution >= 0.6 is 0 Å². The van der Waals surface area contributed by atoms with Gasteiger partial charge >= 0.3 is 0 Å². The molecule has 1 saturated carbocycles. The van der Waals surface area contributed by atoms with E-state index in [2.05, 4.69) is 20.2 Å². The minimum absolute atomic E-state index is 0.0552. The number of amides is 1. The number of aromatic nitrogens is 2. The number of nitrogens with zero attached hydrogens (tertiary/aromatic N) is 3. The highest BCUT2D eigenvalue weighted by Gasteiger charge is 2.18. The monoisotopic (exact) mass is 304 g/mol. The number of hydrogen-bond donors (Lipinski definition) is 1. The minimum Gasteiger partial charge on any atom is -0.378 e. The highest BCUT2D eigenvalue weighted by Crippen LogP contribution is 2.17. The Labute approximate surface area is 131 Å². The first kappa shape index (κ1) is 15.2. The van der Waals surface area contributed by atoms with Gasteiger partial charge in [-0.2, -0.15) is 0 Å². The summed E-state index contributed by atoms with van der Waals surface area (Å²) in [4.78, 5) is 23.0. The zero-order valence-electron chi connectivity index (χ0n) is 13.0. The Balaban J connectivity index is 1.58. The van der Waals surface area contributed by atoms with E-state index in [1.807, 2.05) is 0 Å². The molecule has 0 radical (unpaired) electrons. The van der Waals surface area contributed by atoms with Crippen molar-refractivity contribution in [1.29, 1.82) is 0 Å². The van der Waals surface area contributed by atoms with Crippen molar-refractivity contribution in [2.24, 2.45) is 0 Å². The Hall–Kier alpha value is -1.69. The molecule has 6 nitrogen and oxygen atoms in total. The molecule has 0 spiro atoms. The molecule has 1 aromatic rings. The van der Waals surface area contributed by atoms with Crippen molar-refractivity contribution >= 4 is 11.9 Å². The van der Waals surface area contributed by atoms with Gasteiger partial charge in [0.1, 0.15) is 0 Å². The second kappa shape index (κ2) is 7.54. The SMILES string of the molecule is O=C(NC1CCCCCC1)c1cnc(N2CCOCC2)nc1. The Morgan fingerprint density at radius 1 is 1.09 bits per heavy atom. The lowest BCUT2D eigenvalue weighted by Gasteiger charge is -2.26. The summed E-state index contributed by atoms with van der Waals surface area (Å²) in [6.07, 6.45) is 10.4. The van der Waals surface area contributed by atoms with Gasteiger partial charge in [-0.1, -0.05) is 25.7 Å². The van der Waals surface area contributed by atoms with Crippen LogP contribution in [-0.2, 0) is 4.74 Å². The van der Waals surface area contributed by atoms with Crippen LogP contribution in [0.3, 0.4) is 0 Å². The molecule has 3 rings (SSSR count). The lowest BCUT2D eigenvalue weighted by atomic mass is 10.1. The van der Waals surface area contributed by atoms with Crippen molar-refractivity contribution in [3.63, 3.8) is 0 Å². The van der Waals surface area contributed by atoms with E-state index in [0.717, 1.165) is 25.9 Å². The molecule has 2 fully saturated rings. The van der Waals surface area contributed by atoms with E-state index in [9.17, 15) is 4.79 Å². The van der Waals surface area contributed by atoms with Gasteiger partial charge in [0.25, 0.3) is 5.91 Å². The van der Waals surface area contributed by atoms with E-state index in [1.54, 1.807) is 12.4 Å². The van der Waals surface area contributed by atoms with Crippen LogP contribution < -0.4 is 10.2 Å². The smallest absolute Gasteiger partial charge is 0.254 e. The molecule has 6 heteroatoms. The highest BCUT2D eigenvalue weighted by atomic mass is 16.5. The first-order valence-electron chi connectivity index (χ1n) is 8.28. The average Bonchev–Trinajstić information content (AvgIpc) is 2.84. The van der Waals surface area contributed by atoms with Gasteiger partial charge in [0, 0.05) is 31.5 Å². The molecular weight excluding hydrogens is 280 g/mol. The Kier molecular flexibility index (Phi) is 5.21. The van der Waals surface area contributed by atoms with Crippen molar-refractivity contribution in [2.75, 3.05) is 31.2 Å². The molecule has 2 aliphatic rings. The fourth-order valence-corrected chi connectivity index (χ4v) is 3.06. The van der Waals surface area contributed by atoms with E-state index in [1.165, 1.54) is 25.7 Å². The summed E-state index contributed by atoms with van der Waals surface area (Å²) in [5, 5.41) is 3.12. The molecule has 0 unspecified atom stereocenters. The fourth-order valence-electron chi connectivity index (χ4n) is 3.06. The van der Waals surface area contributed by atoms with Gasteiger partial charge in [0.2, 0.25) is 5.95 Å². The maximum absolute atomic E-state index is 12.3. The second-order valence-corrected chi connectivity index (χ2v) is 6.03. The fraction of sp³-hybridized carbons (Fsp3) is 0.688. The third-order valence-electron chi connectivity index (χ3n) is 4.38. The first-order valence-corrected chi connectivity index (χ1v) is 8.28. The topological polar surface area (TPSA) is 67.4 Å². The minimum atomic E-state index is -0.0552. The highest BCUT2D eigenvalue weighted by molar-refractivity contribution is 5.93. The zero-order valence-corrected chi connectivity index (χ0v) is 13.0. The first-order chi connectivity index (χ1) is 10.8. The van der Waals surface area contributed by atoms with E-state index < -0.39 is 0 Å². The van der Waals surface area contributed by atoms with Gasteiger partial charge in [-0.25, -0.2) is 9.97 Å². The number of carbonyl (C=O) groups excluding carboxylic acids is 1. The van der Waals surface area contributed by atoms with E-state index in [4.69, 9.17) is 4.74 Å². The van der Waals surface area contributed by atoms with Crippen molar-refractivity contribution in [3.8, 4) is 0 Å². The summed E-state index contributed by atoms with van der Waals surface area (Å²) >= 11 is 0. The predicted octanol–water partition coefficient (Wildman–Crippen LogP) is 1.77. The molecule has 1 aliphatic heterocycles. The van der Waals surface area contributed by atoms with Crippen LogP contribution in [0.25, 0.3) is 0 Å². The molecule has 0 aromatic carbocycles. The van der Waals surface area contributed by atoms with E-state index >= 15 is 0 Å². The van der Waals surface area contributed by atoms with Gasteiger partial charge in [-0.05, 0) is 12.8 Å². The molecule has 22 heavy (non-hydrogen) atoms. The number of ether oxygens (including phenoxy) is 1. The van der Waals surface area contributed by atoms with Crippen LogP contribution in [0.1, 0.15) is 48.9 Å². The second-order valence-electron chi connectivity index (χ2n) is 6.03. The third kappa shape index (κ3) is 3.94. The lowest BCUT2D eigenvalue weighted by molar-refractivity contribution is 0.0932. The van der Waals surface area contributed by atoms with Gasteiger partial charge in [-0.15, -0.1) is 0 Å². The molecule has 1 aromatic heterocycles. The molecular formula is C16H24N4O2. The van der Waals surface area contributed by atoms with Crippen LogP contribution in [0.4, 0.5) is 5.95 Å². The van der Waals surface area contributed by atoms with E-state index in [0.29, 0.717) is 30.8 Å². The van der Waals surface area contributed by atoms with Crippen molar-refractivity contribution in [2.45, 2.75) is 44.6 Å². The van der Waals surface area contributed by atoms with Crippen LogP contribution in [0.5, 0.6) is 0 Å². The number of carbonyl (C=O) groups is 1. The number of rotatable bonds is 3. The molecule has 1 N–H and O–H groups in total. The quantitative estimate of drug-likeness (QED) is 0.862. The van der Waals surface area contributed by atoms with Crippen LogP contribution in [0, 0.1) is 0 Å². The normalized spacial score (nSPS) is 20.5. The summed E-state index contributed by atoms with van der Waals surface area (Å²) < 4.78 is 5.32. The average molecular weight is 304 g/mol. The Bertz CT molecular complexity index is 477. The van der Waals surface area contributed by atoms with Crippen LogP contribution in [0.15, 0.2) is 12.4 Å². The summed E-state index contributed by atoms with van der Waals surface area (Å²) in [5.74, 6) is 0.620. The maximum Gasteiger partial charge on any atom is 0.254 e. The number of nitrogens with one attached hydrogen (secondary N) is 1. The molecule has 0 bridgehead atoms. The van der Waals surface area contributed by atoms with Crippen LogP contribution in [0.2, 0.25) is 0 Å². The Morgan fingerprint density at radius 3 is 2.36 bits per heavy atom. The van der Waals surface area contributed by atoms with Gasteiger partial charge in [0.15, 0.2) is 0 Å². The molecule has 0 atom stereocenters. The lowest BCUT2D eigenvalue weighted by Crippen LogP contribution is -2.37. The summed E-state index contributed by atoms with van der Waals surface area (Å²) in [6.45, 7) is 3.00. The number of anilines is 1. The largest absolute Gasteiger partial charge is 0.378 e. The van der Waals surface area contributed by atoms with Gasteiger partial charge in [0.05, 0.1) is 18.8 Å². The van der Waals surface area contributed by atoms with E-state index in [-0.39, 0.29) is 5.91 Å². The van der Waals surface area contributed by atoms with Crippen molar-refractivity contribution < 1.29 is 9.53 Å². The van der Waals surface area contributed by atoms with Crippen molar-refractivity contribution in [3.05, 3.63) is 18.0 Å². The summed E-state index contributed by atoms with van der Waals surface area (Å²) in [5.41, 5.74) is 0.543. The standard InChI is InChI=1S/C16H24N4O2/c21-15(19-14-5-3-1-2-4-6-14)13-11-17-16(18-12-13)20-7-9-22-10-8-20/h11-12,14H,1-10H2,(H,19,21). The number of morpholine rings is 1. The molecule has 2 heterocycles. The third-order valence-corrected chi connectivity index (χ3v) is 4.38. The van der Waals surface area contributed by atoms with Gasteiger partial charge < -0.3 is 15.0 Å². The zero-order chi connectivity index (χ0) is 15.2. The predicted molar refractivity (Wildman–Crippen MR) is 84.0 cm³/mol. The maximum atomic E-state index is 12.3. The molecule has 120 valence electrons. The van der Waals surface area contributed by atoms with Crippen molar-refractivity contribution in [1.82, 2.24) is 15.3 Å². The molecule has 1 saturated heterocycles. The Morgan fingerprint density at radius 2 is 1.73 bits per heavy atom. The van der Waals surface area contributed by atoms with Crippen LogP contribution in [-0.4, -0.2) is 48.2 Å². The number of hydrogen-bond acceptors (Lipinski definition) is 5. The summed E-state index contributed by atoms with van der Waals surface area (Å²) in [6, 6.07) is 0.300. The van der Waals surface area contributed by atoms with Gasteiger partial charge in [-0.3, -0.25) is 4.79 Å². The molecule has 1 amide bonds. The molecule has 1 aliphatic carbocycles.